The lowest BCUT2D eigenvalue weighted by Gasteiger charge is -2.08. The van der Waals surface area contributed by atoms with Crippen LogP contribution in [0.15, 0.2) is 29.2 Å². The van der Waals surface area contributed by atoms with Gasteiger partial charge in [-0.05, 0) is 25.3 Å². The molecule has 1 aliphatic rings. The van der Waals surface area contributed by atoms with E-state index in [1.165, 1.54) is 12.3 Å². The smallest absolute Gasteiger partial charge is 0.141 e. The van der Waals surface area contributed by atoms with Crippen LogP contribution in [-0.2, 0) is 0 Å². The summed E-state index contributed by atoms with van der Waals surface area (Å²) in [6.45, 7) is 4.01. The predicted molar refractivity (Wildman–Crippen MR) is 45.2 cm³/mol. The second kappa shape index (κ2) is 3.46. The van der Waals surface area contributed by atoms with Crippen LogP contribution in [0.4, 0.5) is 4.39 Å². The Kier molecular flexibility index (Phi) is 2.58. The molecule has 0 radical (unpaired) electrons. The second-order valence-electron chi connectivity index (χ2n) is 2.82. The van der Waals surface area contributed by atoms with E-state index in [0.29, 0.717) is 5.92 Å². The topological polar surface area (TPSA) is 12.4 Å². The summed E-state index contributed by atoms with van der Waals surface area (Å²) >= 11 is 0. The van der Waals surface area contributed by atoms with E-state index in [1.54, 1.807) is 0 Å². The summed E-state index contributed by atoms with van der Waals surface area (Å²) in [4.78, 5) is 3.97. The van der Waals surface area contributed by atoms with Gasteiger partial charge in [-0.25, -0.2) is 4.39 Å². The fraction of sp³-hybridized carbons (Fsp3) is 0.444. The van der Waals surface area contributed by atoms with Gasteiger partial charge in [-0.15, -0.1) is 0 Å². The Morgan fingerprint density at radius 1 is 1.64 bits per heavy atom. The molecule has 0 fully saturated rings. The molecule has 0 amide bonds. The van der Waals surface area contributed by atoms with Gasteiger partial charge >= 0.3 is 0 Å². The van der Waals surface area contributed by atoms with E-state index in [9.17, 15) is 4.39 Å². The van der Waals surface area contributed by atoms with Gasteiger partial charge < -0.3 is 0 Å². The molecule has 1 atom stereocenters. The van der Waals surface area contributed by atoms with E-state index < -0.39 is 0 Å². The third-order valence-corrected chi connectivity index (χ3v) is 1.87. The van der Waals surface area contributed by atoms with Crippen molar-refractivity contribution in [1.29, 1.82) is 0 Å². The summed E-state index contributed by atoms with van der Waals surface area (Å²) < 4.78 is 12.6. The SMILES string of the molecule is C/C1=N/C=C(F)\C=C\C[C@@H]1C. The number of allylic oxidation sites excluding steroid dienone is 3. The summed E-state index contributed by atoms with van der Waals surface area (Å²) in [6, 6.07) is 0. The quantitative estimate of drug-likeness (QED) is 0.507. The van der Waals surface area contributed by atoms with E-state index in [4.69, 9.17) is 0 Å². The molecule has 0 N–H and O–H groups in total. The molecule has 0 aromatic rings. The highest BCUT2D eigenvalue weighted by atomic mass is 19.1. The maximum atomic E-state index is 12.6. The summed E-state index contributed by atoms with van der Waals surface area (Å²) in [6.07, 6.45) is 5.44. The highest BCUT2D eigenvalue weighted by molar-refractivity contribution is 5.84. The van der Waals surface area contributed by atoms with Crippen molar-refractivity contribution in [3.63, 3.8) is 0 Å². The normalized spacial score (nSPS) is 37.5. The van der Waals surface area contributed by atoms with Crippen LogP contribution in [0.3, 0.4) is 0 Å². The minimum absolute atomic E-state index is 0.267. The fourth-order valence-corrected chi connectivity index (χ4v) is 0.889. The fourth-order valence-electron chi connectivity index (χ4n) is 0.889. The van der Waals surface area contributed by atoms with Crippen LogP contribution < -0.4 is 0 Å². The molecule has 2 heteroatoms. The molecule has 1 aliphatic heterocycles. The maximum absolute atomic E-state index is 12.6. The van der Waals surface area contributed by atoms with Gasteiger partial charge in [0.05, 0.1) is 6.20 Å². The minimum atomic E-state index is -0.267. The highest BCUT2D eigenvalue weighted by Gasteiger charge is 2.04. The van der Waals surface area contributed by atoms with E-state index in [2.05, 4.69) is 11.9 Å². The molecule has 0 aromatic heterocycles. The number of aliphatic imine (C=N–C) groups is 1. The Labute approximate surface area is 66.3 Å². The Morgan fingerprint density at radius 2 is 2.36 bits per heavy atom. The zero-order valence-corrected chi connectivity index (χ0v) is 6.84. The molecule has 1 rings (SSSR count). The molecule has 0 spiro atoms. The summed E-state index contributed by atoms with van der Waals surface area (Å²) in [5.74, 6) is 0.159. The zero-order valence-electron chi connectivity index (χ0n) is 6.84. The Morgan fingerprint density at radius 3 is 3.09 bits per heavy atom. The molecule has 0 aromatic carbocycles. The monoisotopic (exact) mass is 153 g/mol. The van der Waals surface area contributed by atoms with Crippen LogP contribution >= 0.6 is 0 Å². The molecule has 0 bridgehead atoms. The van der Waals surface area contributed by atoms with Gasteiger partial charge in [0.25, 0.3) is 0 Å². The van der Waals surface area contributed by atoms with Crippen molar-refractivity contribution in [2.75, 3.05) is 0 Å². The molecular weight excluding hydrogens is 141 g/mol. The Bertz CT molecular complexity index is 226. The minimum Gasteiger partial charge on any atom is -0.263 e. The first-order chi connectivity index (χ1) is 5.20. The van der Waals surface area contributed by atoms with Gasteiger partial charge in [-0.3, -0.25) is 4.99 Å². The van der Waals surface area contributed by atoms with Crippen molar-refractivity contribution in [2.24, 2.45) is 10.9 Å². The Hall–Kier alpha value is -0.920. The molecule has 0 unspecified atom stereocenters. The first-order valence-corrected chi connectivity index (χ1v) is 3.76. The molecule has 0 aliphatic carbocycles. The summed E-state index contributed by atoms with van der Waals surface area (Å²) in [5.41, 5.74) is 0.990. The molecule has 1 nitrogen and oxygen atoms in total. The number of halogens is 1. The van der Waals surface area contributed by atoms with Gasteiger partial charge in [0.1, 0.15) is 5.83 Å². The van der Waals surface area contributed by atoms with Crippen LogP contribution in [0.25, 0.3) is 0 Å². The largest absolute Gasteiger partial charge is 0.263 e. The van der Waals surface area contributed by atoms with Gasteiger partial charge in [0, 0.05) is 5.71 Å². The molecule has 60 valence electrons. The second-order valence-corrected chi connectivity index (χ2v) is 2.82. The van der Waals surface area contributed by atoms with Crippen LogP contribution in [0, 0.1) is 5.92 Å². The van der Waals surface area contributed by atoms with Crippen LogP contribution in [-0.4, -0.2) is 5.71 Å². The van der Waals surface area contributed by atoms with Crippen molar-refractivity contribution >= 4 is 5.71 Å². The van der Waals surface area contributed by atoms with E-state index in [0.717, 1.165) is 12.1 Å². The molecule has 0 saturated carbocycles. The summed E-state index contributed by atoms with van der Waals surface area (Å²) in [7, 11) is 0. The van der Waals surface area contributed by atoms with Crippen molar-refractivity contribution in [3.05, 3.63) is 24.2 Å². The van der Waals surface area contributed by atoms with Crippen LogP contribution in [0.2, 0.25) is 0 Å². The van der Waals surface area contributed by atoms with Crippen molar-refractivity contribution < 1.29 is 4.39 Å². The standard InChI is InChI=1S/C9H12FN/c1-7-4-3-5-9(10)6-11-8(7)2/h3,5-7H,4H2,1-2H3/b5-3+,9-6+,11-8-/t7-/m0/s1. The maximum Gasteiger partial charge on any atom is 0.141 e. The van der Waals surface area contributed by atoms with E-state index >= 15 is 0 Å². The number of nitrogens with zero attached hydrogens (tertiary/aromatic N) is 1. The average molecular weight is 153 g/mol. The number of hydrogen-bond acceptors (Lipinski definition) is 1. The lowest BCUT2D eigenvalue weighted by atomic mass is 10.0. The molecular formula is C9H12FN. The lowest BCUT2D eigenvalue weighted by molar-refractivity contribution is 0.658. The van der Waals surface area contributed by atoms with Gasteiger partial charge in [0.2, 0.25) is 0 Å². The zero-order chi connectivity index (χ0) is 8.27. The first kappa shape index (κ1) is 8.18. The van der Waals surface area contributed by atoms with Crippen molar-refractivity contribution in [2.45, 2.75) is 20.3 Å². The van der Waals surface area contributed by atoms with Crippen LogP contribution in [0.1, 0.15) is 20.3 Å². The van der Waals surface area contributed by atoms with Crippen LogP contribution in [0.5, 0.6) is 0 Å². The van der Waals surface area contributed by atoms with Crippen molar-refractivity contribution in [3.8, 4) is 0 Å². The highest BCUT2D eigenvalue weighted by Crippen LogP contribution is 2.11. The molecule has 0 saturated heterocycles. The first-order valence-electron chi connectivity index (χ1n) is 3.76. The predicted octanol–water partition coefficient (Wildman–Crippen LogP) is 2.85. The average Bonchev–Trinajstić information content (AvgIpc) is 1.98. The number of rotatable bonds is 0. The molecule has 1 heterocycles. The van der Waals surface area contributed by atoms with Gasteiger partial charge in [-0.1, -0.05) is 13.0 Å². The van der Waals surface area contributed by atoms with Gasteiger partial charge in [0.15, 0.2) is 0 Å². The van der Waals surface area contributed by atoms with Gasteiger partial charge in [-0.2, -0.15) is 0 Å². The third-order valence-electron chi connectivity index (χ3n) is 1.87. The third kappa shape index (κ3) is 2.30. The van der Waals surface area contributed by atoms with E-state index in [-0.39, 0.29) is 5.83 Å². The molecule has 11 heavy (non-hydrogen) atoms. The number of hydrogen-bond donors (Lipinski definition) is 0. The lowest BCUT2D eigenvalue weighted by Crippen LogP contribution is -2.05. The van der Waals surface area contributed by atoms with Crippen molar-refractivity contribution in [1.82, 2.24) is 0 Å². The summed E-state index contributed by atoms with van der Waals surface area (Å²) in [5, 5.41) is 0. The van der Waals surface area contributed by atoms with E-state index in [1.807, 2.05) is 13.0 Å². The Balaban J connectivity index is 2.84.